The number of aliphatic hydroxyl groups excluding tert-OH is 10. The molecule has 3 fully saturated rings. The summed E-state index contributed by atoms with van der Waals surface area (Å²) < 4.78 is 65.2. The molecule has 590 valence electrons. The maximum atomic E-state index is 14.4. The Labute approximate surface area is 600 Å². The van der Waals surface area contributed by atoms with Crippen LogP contribution in [0.3, 0.4) is 0 Å². The fourth-order valence-electron chi connectivity index (χ4n) is 13.5. The lowest BCUT2D eigenvalue weighted by Crippen LogP contribution is -2.69. The normalized spacial score (nSPS) is 27.9. The van der Waals surface area contributed by atoms with Gasteiger partial charge in [0.15, 0.2) is 18.7 Å². The van der Waals surface area contributed by atoms with Crippen LogP contribution in [0.5, 0.6) is 0 Å². The summed E-state index contributed by atoms with van der Waals surface area (Å²) in [6.07, 6.45) is 10.2. The first-order valence-corrected chi connectivity index (χ1v) is 41.1. The van der Waals surface area contributed by atoms with E-state index in [0.29, 0.717) is 31.1 Å². The molecular weight excluding hydrogens is 1320 g/mol. The minimum atomic E-state index is -5.70. The van der Waals surface area contributed by atoms with Crippen molar-refractivity contribution in [3.05, 3.63) is 0 Å². The van der Waals surface area contributed by atoms with Gasteiger partial charge in [-0.15, -0.1) is 0 Å². The van der Waals surface area contributed by atoms with Crippen LogP contribution in [0.1, 0.15) is 317 Å². The lowest BCUT2D eigenvalue weighted by atomic mass is 9.84. The third-order valence-electron chi connectivity index (χ3n) is 20.2. The van der Waals surface area contributed by atoms with Gasteiger partial charge in [-0.2, -0.15) is 0 Å². The summed E-state index contributed by atoms with van der Waals surface area (Å²) in [5.41, 5.74) is 0. The molecule has 20 atom stereocenters. The molecule has 3 aliphatic rings. The Kier molecular flexibility index (Phi) is 51.1. The predicted octanol–water partition coefficient (Wildman–Crippen LogP) is 11.5. The molecule has 0 spiro atoms. The van der Waals surface area contributed by atoms with Crippen molar-refractivity contribution in [2.45, 2.75) is 421 Å². The van der Waals surface area contributed by atoms with E-state index in [-0.39, 0.29) is 19.3 Å². The van der Waals surface area contributed by atoms with Gasteiger partial charge < -0.3 is 89.1 Å². The van der Waals surface area contributed by atoms with Crippen LogP contribution >= 0.6 is 7.82 Å². The lowest BCUT2D eigenvalue weighted by Gasteiger charge is -2.49. The molecule has 0 aromatic rings. The van der Waals surface area contributed by atoms with E-state index in [2.05, 4.69) is 34.6 Å². The zero-order valence-corrected chi connectivity index (χ0v) is 63.0. The summed E-state index contributed by atoms with van der Waals surface area (Å²) in [6.45, 7) is 8.12. The molecule has 100 heavy (non-hydrogen) atoms. The van der Waals surface area contributed by atoms with Crippen molar-refractivity contribution in [1.82, 2.24) is 0 Å². The van der Waals surface area contributed by atoms with Crippen molar-refractivity contribution in [2.75, 3.05) is 26.4 Å². The Bertz CT molecular complexity index is 2100. The number of phosphoric acid groups is 1. The Morgan fingerprint density at radius 2 is 0.700 bits per heavy atom. The molecule has 1 aliphatic carbocycles. The number of hydrogen-bond acceptors (Lipinski definition) is 23. The zero-order valence-electron chi connectivity index (χ0n) is 62.1. The second-order valence-corrected chi connectivity index (χ2v) is 30.7. The SMILES string of the molecule is CCCCCCCCCCCCCCCC(=O)OCC1OC(OC2C(O)C(O)C(O)C(OC3OC(CO)C(O)C(O)C3O)C2OP(=O)(O)OCC(COC(=O)CCCCCCCCC(C)CCCCCCCC)OC(=O)CCCCCCCCC(C)CCCCCCCC)C(O)C(O)C1O. The van der Waals surface area contributed by atoms with Crippen molar-refractivity contribution in [3.8, 4) is 0 Å². The quantitative estimate of drug-likeness (QED) is 0.0117. The minimum absolute atomic E-state index is 0.0327. The minimum Gasteiger partial charge on any atom is -0.463 e. The molecule has 0 radical (unpaired) electrons. The van der Waals surface area contributed by atoms with E-state index in [1.807, 2.05) is 0 Å². The van der Waals surface area contributed by atoms with Crippen LogP contribution in [0.25, 0.3) is 0 Å². The van der Waals surface area contributed by atoms with Gasteiger partial charge in [-0.05, 0) is 31.1 Å². The first-order chi connectivity index (χ1) is 48.1. The van der Waals surface area contributed by atoms with Crippen molar-refractivity contribution in [3.63, 3.8) is 0 Å². The van der Waals surface area contributed by atoms with Crippen LogP contribution in [-0.2, 0) is 61.2 Å². The molecule has 2 heterocycles. The standard InChI is InChI=1S/C75H141O24P/c1-6-9-12-15-18-19-20-21-22-23-24-33-41-48-60(78)92-53-58-63(81)65(83)70(88)75(96-58)98-72-68(86)66(84)67(85)71(97-74-69(87)64(82)62(80)57(50-76)95-74)73(72)99-100(89,90)93-52-56(94-61(79)49-42-35-28-26-32-39-46-55(5)44-37-30-17-14-11-8-3)51-91-59(77)47-40-34-27-25-31-38-45-54(4)43-36-29-16-13-10-7-2/h54-58,62-76,80-88H,6-53H2,1-5H3,(H,89,90). The zero-order chi connectivity index (χ0) is 73.5. The van der Waals surface area contributed by atoms with Crippen molar-refractivity contribution < 1.29 is 117 Å². The van der Waals surface area contributed by atoms with E-state index >= 15 is 0 Å². The molecule has 0 bridgehead atoms. The van der Waals surface area contributed by atoms with E-state index in [1.54, 1.807) is 0 Å². The van der Waals surface area contributed by atoms with Gasteiger partial charge in [0.25, 0.3) is 0 Å². The van der Waals surface area contributed by atoms with Crippen LogP contribution in [0.15, 0.2) is 0 Å². The van der Waals surface area contributed by atoms with Gasteiger partial charge in [0.1, 0.15) is 98.7 Å². The second-order valence-electron chi connectivity index (χ2n) is 29.3. The van der Waals surface area contributed by atoms with E-state index in [0.717, 1.165) is 96.3 Å². The van der Waals surface area contributed by atoms with Gasteiger partial charge >= 0.3 is 25.7 Å². The van der Waals surface area contributed by atoms with Crippen LogP contribution in [0.4, 0.5) is 0 Å². The largest absolute Gasteiger partial charge is 0.472 e. The molecular formula is C75H141O24P. The van der Waals surface area contributed by atoms with E-state index in [9.17, 15) is 74.9 Å². The van der Waals surface area contributed by atoms with Crippen molar-refractivity contribution in [1.29, 1.82) is 0 Å². The van der Waals surface area contributed by atoms with Gasteiger partial charge in [0.2, 0.25) is 0 Å². The number of hydrogen-bond donors (Lipinski definition) is 11. The van der Waals surface area contributed by atoms with Crippen LogP contribution in [-0.4, -0.2) is 204 Å². The summed E-state index contributed by atoms with van der Waals surface area (Å²) in [5.74, 6) is -0.599. The fourth-order valence-corrected chi connectivity index (χ4v) is 14.5. The molecule has 2 aliphatic heterocycles. The monoisotopic (exact) mass is 1460 g/mol. The van der Waals surface area contributed by atoms with E-state index < -0.39 is 156 Å². The topological polar surface area (TPSA) is 374 Å². The molecule has 20 unspecified atom stereocenters. The van der Waals surface area contributed by atoms with E-state index in [1.165, 1.54) is 148 Å². The highest BCUT2D eigenvalue weighted by atomic mass is 31.2. The first kappa shape index (κ1) is 92.2. The first-order valence-electron chi connectivity index (χ1n) is 39.6. The number of carbonyl (C=O) groups excluding carboxylic acids is 3. The summed E-state index contributed by atoms with van der Waals surface area (Å²) in [4.78, 5) is 51.2. The average Bonchev–Trinajstić information content (AvgIpc) is 0.769. The smallest absolute Gasteiger partial charge is 0.463 e. The number of rotatable bonds is 61. The van der Waals surface area contributed by atoms with Gasteiger partial charge in [-0.25, -0.2) is 4.57 Å². The molecule has 0 aromatic carbocycles. The third kappa shape index (κ3) is 38.5. The van der Waals surface area contributed by atoms with Crippen molar-refractivity contribution >= 4 is 25.7 Å². The maximum Gasteiger partial charge on any atom is 0.472 e. The molecule has 3 rings (SSSR count). The van der Waals surface area contributed by atoms with Gasteiger partial charge in [-0.3, -0.25) is 23.4 Å². The molecule has 24 nitrogen and oxygen atoms in total. The summed E-state index contributed by atoms with van der Waals surface area (Å²) in [5, 5.41) is 110. The van der Waals surface area contributed by atoms with Gasteiger partial charge in [0.05, 0.1) is 13.2 Å². The number of esters is 3. The number of unbranched alkanes of at least 4 members (excludes halogenated alkanes) is 32. The van der Waals surface area contributed by atoms with Crippen LogP contribution in [0.2, 0.25) is 0 Å². The highest BCUT2D eigenvalue weighted by Gasteiger charge is 2.58. The predicted molar refractivity (Wildman–Crippen MR) is 379 cm³/mol. The lowest BCUT2D eigenvalue weighted by molar-refractivity contribution is -0.360. The van der Waals surface area contributed by atoms with Crippen LogP contribution < -0.4 is 0 Å². The third-order valence-corrected chi connectivity index (χ3v) is 21.2. The maximum absolute atomic E-state index is 14.4. The highest BCUT2D eigenvalue weighted by molar-refractivity contribution is 7.47. The number of carbonyl (C=O) groups is 3. The molecule has 11 N–H and O–H groups in total. The highest BCUT2D eigenvalue weighted by Crippen LogP contribution is 2.49. The number of aliphatic hydroxyl groups is 10. The average molecular weight is 1460 g/mol. The summed E-state index contributed by atoms with van der Waals surface area (Å²) in [6, 6.07) is 0. The van der Waals surface area contributed by atoms with Crippen molar-refractivity contribution in [2.24, 2.45) is 11.8 Å². The van der Waals surface area contributed by atoms with Gasteiger partial charge in [0, 0.05) is 19.3 Å². The second kappa shape index (κ2) is 55.4. The molecule has 0 amide bonds. The Balaban J connectivity index is 1.74. The number of phosphoric ester groups is 1. The fraction of sp³-hybridized carbons (Fsp3) is 0.960. The Morgan fingerprint density at radius 3 is 1.08 bits per heavy atom. The molecule has 25 heteroatoms. The summed E-state index contributed by atoms with van der Waals surface area (Å²) in [7, 11) is -5.70. The number of ether oxygens (including phenoxy) is 7. The molecule has 2 saturated heterocycles. The molecule has 0 aromatic heterocycles. The van der Waals surface area contributed by atoms with Gasteiger partial charge in [-0.1, -0.05) is 279 Å². The van der Waals surface area contributed by atoms with E-state index in [4.69, 9.17) is 42.2 Å². The van der Waals surface area contributed by atoms with Crippen LogP contribution in [0, 0.1) is 11.8 Å². The Morgan fingerprint density at radius 1 is 0.380 bits per heavy atom. The Hall–Kier alpha value is -2.04. The summed E-state index contributed by atoms with van der Waals surface area (Å²) >= 11 is 0. The molecule has 1 saturated carbocycles.